The summed E-state index contributed by atoms with van der Waals surface area (Å²) >= 11 is 0. The van der Waals surface area contributed by atoms with Gasteiger partial charge in [-0.05, 0) is 12.1 Å². The third-order valence-corrected chi connectivity index (χ3v) is 4.22. The SMILES string of the molecule is CCN(CC)S(=O)(=O)Nc1ccc(OC)cc1N. The number of rotatable bonds is 6. The number of nitrogens with zero attached hydrogens (tertiary/aromatic N) is 1. The summed E-state index contributed by atoms with van der Waals surface area (Å²) in [6.07, 6.45) is 0. The van der Waals surface area contributed by atoms with E-state index in [0.717, 1.165) is 0 Å². The van der Waals surface area contributed by atoms with Gasteiger partial charge in [0.15, 0.2) is 0 Å². The van der Waals surface area contributed by atoms with Crippen LogP contribution >= 0.6 is 0 Å². The van der Waals surface area contributed by atoms with Gasteiger partial charge in [-0.1, -0.05) is 13.8 Å². The number of nitrogen functional groups attached to an aromatic ring is 1. The molecule has 0 amide bonds. The lowest BCUT2D eigenvalue weighted by Crippen LogP contribution is -2.35. The van der Waals surface area contributed by atoms with Crippen LogP contribution in [0.25, 0.3) is 0 Å². The number of benzene rings is 1. The number of hydrogen-bond acceptors (Lipinski definition) is 4. The van der Waals surface area contributed by atoms with E-state index >= 15 is 0 Å². The topological polar surface area (TPSA) is 84.7 Å². The van der Waals surface area contributed by atoms with Crippen molar-refractivity contribution >= 4 is 21.6 Å². The Kier molecular flexibility index (Phi) is 4.80. The van der Waals surface area contributed by atoms with Crippen molar-refractivity contribution in [1.29, 1.82) is 0 Å². The van der Waals surface area contributed by atoms with Crippen molar-refractivity contribution in [2.75, 3.05) is 30.7 Å². The molecule has 0 saturated carbocycles. The molecule has 1 aromatic rings. The Morgan fingerprint density at radius 2 is 1.94 bits per heavy atom. The molecule has 1 rings (SSSR count). The van der Waals surface area contributed by atoms with E-state index in [9.17, 15) is 8.42 Å². The second kappa shape index (κ2) is 5.92. The molecule has 0 radical (unpaired) electrons. The van der Waals surface area contributed by atoms with Gasteiger partial charge in [0, 0.05) is 19.2 Å². The number of methoxy groups -OCH3 is 1. The van der Waals surface area contributed by atoms with Crippen molar-refractivity contribution in [2.24, 2.45) is 0 Å². The van der Waals surface area contributed by atoms with Crippen LogP contribution in [0.2, 0.25) is 0 Å². The van der Waals surface area contributed by atoms with Gasteiger partial charge in [-0.2, -0.15) is 12.7 Å². The van der Waals surface area contributed by atoms with Crippen LogP contribution in [0.15, 0.2) is 18.2 Å². The molecular formula is C11H19N3O3S. The maximum Gasteiger partial charge on any atom is 0.301 e. The zero-order chi connectivity index (χ0) is 13.8. The minimum absolute atomic E-state index is 0.324. The quantitative estimate of drug-likeness (QED) is 0.765. The van der Waals surface area contributed by atoms with Crippen molar-refractivity contribution in [1.82, 2.24) is 4.31 Å². The maximum absolute atomic E-state index is 12.0. The smallest absolute Gasteiger partial charge is 0.301 e. The predicted molar refractivity (Wildman–Crippen MR) is 72.9 cm³/mol. The molecule has 7 heteroatoms. The Morgan fingerprint density at radius 1 is 1.33 bits per heavy atom. The molecular weight excluding hydrogens is 254 g/mol. The predicted octanol–water partition coefficient (Wildman–Crippen LogP) is 1.28. The van der Waals surface area contributed by atoms with Gasteiger partial charge in [-0.3, -0.25) is 4.72 Å². The van der Waals surface area contributed by atoms with Gasteiger partial charge >= 0.3 is 10.2 Å². The highest BCUT2D eigenvalue weighted by molar-refractivity contribution is 7.90. The molecule has 0 bridgehead atoms. The first-order chi connectivity index (χ1) is 8.44. The largest absolute Gasteiger partial charge is 0.497 e. The molecule has 0 atom stereocenters. The van der Waals surface area contributed by atoms with Gasteiger partial charge in [0.25, 0.3) is 0 Å². The molecule has 0 aromatic heterocycles. The lowest BCUT2D eigenvalue weighted by molar-refractivity contribution is 0.415. The molecule has 0 aliphatic rings. The highest BCUT2D eigenvalue weighted by Gasteiger charge is 2.19. The molecule has 0 fully saturated rings. The maximum atomic E-state index is 12.0. The molecule has 0 saturated heterocycles. The van der Waals surface area contributed by atoms with Crippen LogP contribution in [0.1, 0.15) is 13.8 Å². The van der Waals surface area contributed by atoms with E-state index in [1.807, 2.05) is 0 Å². The Balaban J connectivity index is 2.97. The van der Waals surface area contributed by atoms with Crippen molar-refractivity contribution in [3.8, 4) is 5.75 Å². The molecule has 6 nitrogen and oxygen atoms in total. The molecule has 102 valence electrons. The summed E-state index contributed by atoms with van der Waals surface area (Å²) in [5, 5.41) is 0. The van der Waals surface area contributed by atoms with Gasteiger partial charge < -0.3 is 10.5 Å². The van der Waals surface area contributed by atoms with Gasteiger partial charge in [0.2, 0.25) is 0 Å². The first-order valence-corrected chi connectivity index (χ1v) is 7.10. The number of hydrogen-bond donors (Lipinski definition) is 2. The summed E-state index contributed by atoms with van der Waals surface area (Å²) in [6.45, 7) is 4.37. The van der Waals surface area contributed by atoms with Gasteiger partial charge in [0.05, 0.1) is 18.5 Å². The summed E-state index contributed by atoms with van der Waals surface area (Å²) in [6, 6.07) is 4.80. The Labute approximate surface area is 108 Å². The molecule has 0 unspecified atom stereocenters. The lowest BCUT2D eigenvalue weighted by Gasteiger charge is -2.20. The first kappa shape index (κ1) is 14.6. The standard InChI is InChI=1S/C11H19N3O3S/c1-4-14(5-2)18(15,16)13-11-7-6-9(17-3)8-10(11)12/h6-8,13H,4-5,12H2,1-3H3. The highest BCUT2D eigenvalue weighted by Crippen LogP contribution is 2.25. The minimum atomic E-state index is -3.56. The Bertz CT molecular complexity index is 498. The van der Waals surface area contributed by atoms with E-state index in [-0.39, 0.29) is 0 Å². The number of anilines is 2. The fourth-order valence-electron chi connectivity index (χ4n) is 1.53. The molecule has 0 aliphatic carbocycles. The average molecular weight is 273 g/mol. The van der Waals surface area contributed by atoms with Crippen molar-refractivity contribution in [2.45, 2.75) is 13.8 Å². The minimum Gasteiger partial charge on any atom is -0.497 e. The van der Waals surface area contributed by atoms with E-state index in [0.29, 0.717) is 30.2 Å². The molecule has 0 spiro atoms. The number of ether oxygens (including phenoxy) is 1. The third kappa shape index (κ3) is 3.27. The third-order valence-electron chi connectivity index (χ3n) is 2.54. The van der Waals surface area contributed by atoms with Gasteiger partial charge in [-0.25, -0.2) is 0 Å². The van der Waals surface area contributed by atoms with Crippen molar-refractivity contribution in [3.63, 3.8) is 0 Å². The molecule has 3 N–H and O–H groups in total. The van der Waals surface area contributed by atoms with Crippen LogP contribution in [0.4, 0.5) is 11.4 Å². The van der Waals surface area contributed by atoms with Gasteiger partial charge in [0.1, 0.15) is 5.75 Å². The number of nitrogens with two attached hydrogens (primary N) is 1. The fraction of sp³-hybridized carbons (Fsp3) is 0.455. The van der Waals surface area contributed by atoms with Gasteiger partial charge in [-0.15, -0.1) is 0 Å². The van der Waals surface area contributed by atoms with Crippen LogP contribution in [0, 0.1) is 0 Å². The molecule has 0 aliphatic heterocycles. The molecule has 0 heterocycles. The summed E-state index contributed by atoms with van der Waals surface area (Å²) < 4.78 is 32.8. The van der Waals surface area contributed by atoms with E-state index in [1.54, 1.807) is 32.0 Å². The summed E-state index contributed by atoms with van der Waals surface area (Å²) in [7, 11) is -2.03. The van der Waals surface area contributed by atoms with Crippen LogP contribution < -0.4 is 15.2 Å². The second-order valence-corrected chi connectivity index (χ2v) is 5.32. The van der Waals surface area contributed by atoms with E-state index in [1.165, 1.54) is 11.4 Å². The lowest BCUT2D eigenvalue weighted by atomic mass is 10.2. The Morgan fingerprint density at radius 3 is 2.39 bits per heavy atom. The summed E-state index contributed by atoms with van der Waals surface area (Å²) in [5.41, 5.74) is 6.44. The molecule has 1 aromatic carbocycles. The fourth-order valence-corrected chi connectivity index (χ4v) is 2.80. The van der Waals surface area contributed by atoms with E-state index in [4.69, 9.17) is 10.5 Å². The summed E-state index contributed by atoms with van der Waals surface area (Å²) in [4.78, 5) is 0. The van der Waals surface area contributed by atoms with Crippen molar-refractivity contribution in [3.05, 3.63) is 18.2 Å². The Hall–Kier alpha value is -1.47. The second-order valence-electron chi connectivity index (χ2n) is 3.64. The van der Waals surface area contributed by atoms with Crippen molar-refractivity contribution < 1.29 is 13.2 Å². The van der Waals surface area contributed by atoms with Crippen LogP contribution in [0.3, 0.4) is 0 Å². The van der Waals surface area contributed by atoms with Crippen LogP contribution in [0.5, 0.6) is 5.75 Å². The number of nitrogens with one attached hydrogen (secondary N) is 1. The average Bonchev–Trinajstić information content (AvgIpc) is 2.32. The normalized spacial score (nSPS) is 11.6. The van der Waals surface area contributed by atoms with E-state index in [2.05, 4.69) is 4.72 Å². The zero-order valence-electron chi connectivity index (χ0n) is 10.8. The highest BCUT2D eigenvalue weighted by atomic mass is 32.2. The monoisotopic (exact) mass is 273 g/mol. The van der Waals surface area contributed by atoms with E-state index < -0.39 is 10.2 Å². The summed E-state index contributed by atoms with van der Waals surface area (Å²) in [5.74, 6) is 0.582. The van der Waals surface area contributed by atoms with Crippen LogP contribution in [-0.2, 0) is 10.2 Å². The first-order valence-electron chi connectivity index (χ1n) is 5.66. The van der Waals surface area contributed by atoms with Crippen LogP contribution in [-0.4, -0.2) is 32.9 Å². The molecule has 18 heavy (non-hydrogen) atoms. The zero-order valence-corrected chi connectivity index (χ0v) is 11.6.